The molecule has 0 bridgehead atoms. The first-order valence-electron chi connectivity index (χ1n) is 6.22. The monoisotopic (exact) mass is 281 g/mol. The summed E-state index contributed by atoms with van der Waals surface area (Å²) in [4.78, 5) is 29.8. The van der Waals surface area contributed by atoms with Crippen LogP contribution in [0.1, 0.15) is 20.8 Å². The summed E-state index contributed by atoms with van der Waals surface area (Å²) in [7, 11) is 0. The second kappa shape index (κ2) is 5.09. The lowest BCUT2D eigenvalue weighted by atomic mass is 10.1. The van der Waals surface area contributed by atoms with Crippen LogP contribution in [0.3, 0.4) is 0 Å². The van der Waals surface area contributed by atoms with E-state index in [9.17, 15) is 9.59 Å². The number of aromatic carboxylic acids is 1. The first-order chi connectivity index (χ1) is 10.1. The van der Waals surface area contributed by atoms with Crippen molar-refractivity contribution in [2.75, 3.05) is 5.32 Å². The molecule has 104 valence electrons. The van der Waals surface area contributed by atoms with E-state index >= 15 is 0 Å². The summed E-state index contributed by atoms with van der Waals surface area (Å²) in [5, 5.41) is 12.4. The molecule has 0 aliphatic rings. The maximum atomic E-state index is 12.3. The smallest absolute Gasteiger partial charge is 0.354 e. The number of hydrogen-bond donors (Lipinski definition) is 3. The van der Waals surface area contributed by atoms with Crippen molar-refractivity contribution in [3.8, 4) is 0 Å². The number of nitrogens with zero attached hydrogens (tertiary/aromatic N) is 1. The van der Waals surface area contributed by atoms with Crippen molar-refractivity contribution in [2.45, 2.75) is 0 Å². The zero-order valence-corrected chi connectivity index (χ0v) is 10.8. The third-order valence-corrected chi connectivity index (χ3v) is 3.07. The van der Waals surface area contributed by atoms with E-state index < -0.39 is 5.97 Å². The lowest BCUT2D eigenvalue weighted by Gasteiger charge is -2.06. The first-order valence-corrected chi connectivity index (χ1v) is 6.22. The summed E-state index contributed by atoms with van der Waals surface area (Å²) in [5.41, 5.74) is 1.64. The minimum atomic E-state index is -1.11. The van der Waals surface area contributed by atoms with E-state index in [4.69, 9.17) is 5.11 Å². The van der Waals surface area contributed by atoms with Crippen molar-refractivity contribution in [2.24, 2.45) is 0 Å². The van der Waals surface area contributed by atoms with Gasteiger partial charge < -0.3 is 15.4 Å². The van der Waals surface area contributed by atoms with Crippen LogP contribution < -0.4 is 5.32 Å². The van der Waals surface area contributed by atoms with E-state index in [0.717, 1.165) is 10.9 Å². The molecule has 0 saturated carbocycles. The Morgan fingerprint density at radius 1 is 1.14 bits per heavy atom. The van der Waals surface area contributed by atoms with Gasteiger partial charge in [-0.15, -0.1) is 0 Å². The number of carbonyl (C=O) groups excluding carboxylic acids is 1. The highest BCUT2D eigenvalue weighted by Gasteiger charge is 2.11. The molecular weight excluding hydrogens is 270 g/mol. The van der Waals surface area contributed by atoms with Crippen LogP contribution in [0.25, 0.3) is 10.9 Å². The highest BCUT2D eigenvalue weighted by atomic mass is 16.4. The van der Waals surface area contributed by atoms with Crippen LogP contribution in [-0.2, 0) is 0 Å². The standard InChI is InChI=1S/C15H11N3O3/c19-14(11-3-1-2-9-6-7-16-13(9)11)18-10-4-5-12(15(20)21)17-8-10/h1-8,16H,(H,18,19)(H,20,21). The molecule has 3 rings (SSSR count). The Bertz CT molecular complexity index is 822. The molecule has 0 unspecified atom stereocenters. The highest BCUT2D eigenvalue weighted by Crippen LogP contribution is 2.18. The van der Waals surface area contributed by atoms with Crippen molar-refractivity contribution in [1.29, 1.82) is 0 Å². The summed E-state index contributed by atoms with van der Waals surface area (Å²) in [5.74, 6) is -1.39. The SMILES string of the molecule is O=C(O)c1ccc(NC(=O)c2cccc3cc[nH]c23)cn1. The molecule has 3 N–H and O–H groups in total. The maximum Gasteiger partial charge on any atom is 0.354 e. The molecule has 0 saturated heterocycles. The Labute approximate surface area is 119 Å². The van der Waals surface area contributed by atoms with Crippen molar-refractivity contribution in [3.05, 3.63) is 60.0 Å². The minimum absolute atomic E-state index is 0.0699. The molecule has 1 aromatic carbocycles. The number of amides is 1. The van der Waals surface area contributed by atoms with Gasteiger partial charge in [0.1, 0.15) is 5.69 Å². The van der Waals surface area contributed by atoms with Gasteiger partial charge in [-0.25, -0.2) is 9.78 Å². The van der Waals surface area contributed by atoms with Gasteiger partial charge in [0.2, 0.25) is 0 Å². The zero-order valence-electron chi connectivity index (χ0n) is 10.8. The average molecular weight is 281 g/mol. The second-order valence-corrected chi connectivity index (χ2v) is 4.44. The van der Waals surface area contributed by atoms with Crippen LogP contribution in [-0.4, -0.2) is 27.0 Å². The number of aromatic nitrogens is 2. The molecule has 0 atom stereocenters. The molecule has 6 nitrogen and oxygen atoms in total. The number of nitrogens with one attached hydrogen (secondary N) is 2. The van der Waals surface area contributed by atoms with Gasteiger partial charge in [-0.3, -0.25) is 4.79 Å². The molecule has 2 heterocycles. The third kappa shape index (κ3) is 2.46. The number of carbonyl (C=O) groups is 2. The van der Waals surface area contributed by atoms with E-state index in [1.165, 1.54) is 18.3 Å². The predicted octanol–water partition coefficient (Wildman–Crippen LogP) is 2.51. The van der Waals surface area contributed by atoms with Gasteiger partial charge in [-0.05, 0) is 24.3 Å². The summed E-state index contributed by atoms with van der Waals surface area (Å²) < 4.78 is 0. The average Bonchev–Trinajstić information content (AvgIpc) is 2.96. The molecule has 0 aliphatic carbocycles. The lowest BCUT2D eigenvalue weighted by molar-refractivity contribution is 0.0690. The van der Waals surface area contributed by atoms with Crippen molar-refractivity contribution in [3.63, 3.8) is 0 Å². The van der Waals surface area contributed by atoms with Gasteiger partial charge in [0.05, 0.1) is 23.0 Å². The van der Waals surface area contributed by atoms with Gasteiger partial charge >= 0.3 is 5.97 Å². The summed E-state index contributed by atoms with van der Waals surface area (Å²) in [6.07, 6.45) is 3.08. The number of fused-ring (bicyclic) bond motifs is 1. The Morgan fingerprint density at radius 2 is 2.00 bits per heavy atom. The summed E-state index contributed by atoms with van der Waals surface area (Å²) >= 11 is 0. The molecule has 1 amide bonds. The summed E-state index contributed by atoms with van der Waals surface area (Å²) in [6.45, 7) is 0. The van der Waals surface area contributed by atoms with Crippen LogP contribution >= 0.6 is 0 Å². The van der Waals surface area contributed by atoms with E-state index in [1.807, 2.05) is 12.1 Å². The Morgan fingerprint density at radius 3 is 2.71 bits per heavy atom. The number of carboxylic acid groups (broad SMARTS) is 1. The number of hydrogen-bond acceptors (Lipinski definition) is 3. The van der Waals surface area contributed by atoms with Gasteiger partial charge in [0.25, 0.3) is 5.91 Å². The molecule has 21 heavy (non-hydrogen) atoms. The molecule has 0 fully saturated rings. The Balaban J connectivity index is 1.86. The number of benzene rings is 1. The first kappa shape index (κ1) is 12.9. The number of carboxylic acids is 1. The predicted molar refractivity (Wildman–Crippen MR) is 77.4 cm³/mol. The molecule has 3 aromatic rings. The zero-order chi connectivity index (χ0) is 14.8. The van der Waals surface area contributed by atoms with Crippen LogP contribution in [0.5, 0.6) is 0 Å². The number of pyridine rings is 1. The molecular formula is C15H11N3O3. The van der Waals surface area contributed by atoms with Gasteiger partial charge in [-0.1, -0.05) is 12.1 Å². The quantitative estimate of drug-likeness (QED) is 0.687. The van der Waals surface area contributed by atoms with Gasteiger partial charge in [-0.2, -0.15) is 0 Å². The molecule has 0 radical (unpaired) electrons. The van der Waals surface area contributed by atoms with Crippen molar-refractivity contribution < 1.29 is 14.7 Å². The Kier molecular flexibility index (Phi) is 3.12. The number of para-hydroxylation sites is 1. The second-order valence-electron chi connectivity index (χ2n) is 4.44. The molecule has 0 aliphatic heterocycles. The van der Waals surface area contributed by atoms with E-state index in [2.05, 4.69) is 15.3 Å². The Hall–Kier alpha value is -3.15. The summed E-state index contributed by atoms with van der Waals surface area (Å²) in [6, 6.07) is 10.2. The number of anilines is 1. The third-order valence-electron chi connectivity index (χ3n) is 3.07. The van der Waals surface area contributed by atoms with Crippen LogP contribution in [0.2, 0.25) is 0 Å². The molecule has 2 aromatic heterocycles. The van der Waals surface area contributed by atoms with Gasteiger partial charge in [0, 0.05) is 11.6 Å². The van der Waals surface area contributed by atoms with Crippen LogP contribution in [0.4, 0.5) is 5.69 Å². The molecule has 0 spiro atoms. The van der Waals surface area contributed by atoms with Crippen molar-refractivity contribution in [1.82, 2.24) is 9.97 Å². The highest BCUT2D eigenvalue weighted by molar-refractivity contribution is 6.11. The maximum absolute atomic E-state index is 12.3. The molecule has 6 heteroatoms. The van der Waals surface area contributed by atoms with E-state index in [0.29, 0.717) is 11.3 Å². The lowest BCUT2D eigenvalue weighted by Crippen LogP contribution is -2.13. The number of H-pyrrole nitrogens is 1. The number of rotatable bonds is 3. The van der Waals surface area contributed by atoms with Gasteiger partial charge in [0.15, 0.2) is 0 Å². The van der Waals surface area contributed by atoms with Crippen LogP contribution in [0.15, 0.2) is 48.8 Å². The van der Waals surface area contributed by atoms with E-state index in [1.54, 1.807) is 18.3 Å². The largest absolute Gasteiger partial charge is 0.477 e. The fourth-order valence-electron chi connectivity index (χ4n) is 2.07. The minimum Gasteiger partial charge on any atom is -0.477 e. The van der Waals surface area contributed by atoms with Crippen molar-refractivity contribution >= 4 is 28.5 Å². The normalized spacial score (nSPS) is 10.5. The number of aromatic amines is 1. The van der Waals surface area contributed by atoms with E-state index in [-0.39, 0.29) is 11.6 Å². The topological polar surface area (TPSA) is 95.1 Å². The fraction of sp³-hybridized carbons (Fsp3) is 0. The fourth-order valence-corrected chi connectivity index (χ4v) is 2.07. The van der Waals surface area contributed by atoms with Crippen LogP contribution in [0, 0.1) is 0 Å².